The van der Waals surface area contributed by atoms with Gasteiger partial charge < -0.3 is 17.2 Å². The smallest absolute Gasteiger partial charge is 0.223 e. The molecule has 0 aliphatic carbocycles. The Morgan fingerprint density at radius 3 is 2.33 bits per heavy atom. The van der Waals surface area contributed by atoms with Crippen LogP contribution in [0.3, 0.4) is 0 Å². The molecule has 2 aromatic rings. The normalized spacial score (nSPS) is 11.2. The zero-order chi connectivity index (χ0) is 13.0. The van der Waals surface area contributed by atoms with Gasteiger partial charge in [-0.15, -0.1) is 0 Å². The quantitative estimate of drug-likeness (QED) is 0.446. The van der Waals surface area contributed by atoms with Crippen LogP contribution < -0.4 is 17.2 Å². The van der Waals surface area contributed by atoms with E-state index in [9.17, 15) is 0 Å². The first kappa shape index (κ1) is 11.6. The zero-order valence-electron chi connectivity index (χ0n) is 9.54. The molecule has 0 aliphatic rings. The summed E-state index contributed by atoms with van der Waals surface area (Å²) in [4.78, 5) is 7.67. The van der Waals surface area contributed by atoms with E-state index in [1.54, 1.807) is 6.20 Å². The van der Waals surface area contributed by atoms with Crippen LogP contribution in [0.4, 0.5) is 5.69 Å². The minimum Gasteiger partial charge on any atom is -0.370 e. The number of benzene rings is 1. The van der Waals surface area contributed by atoms with E-state index in [4.69, 9.17) is 17.2 Å². The Kier molecular flexibility index (Phi) is 3.24. The molecule has 1 aromatic heterocycles. The van der Waals surface area contributed by atoms with Crippen molar-refractivity contribution in [3.8, 4) is 11.3 Å². The molecule has 0 saturated heterocycles. The Hall–Kier alpha value is -2.83. The first-order valence-corrected chi connectivity index (χ1v) is 5.19. The summed E-state index contributed by atoms with van der Waals surface area (Å²) in [7, 11) is 0. The highest BCUT2D eigenvalue weighted by molar-refractivity contribution is 5.93. The summed E-state index contributed by atoms with van der Waals surface area (Å²) in [5.74, 6) is -0.102. The van der Waals surface area contributed by atoms with Gasteiger partial charge in [-0.2, -0.15) is 10.1 Å². The van der Waals surface area contributed by atoms with Crippen LogP contribution in [0.25, 0.3) is 11.3 Å². The third-order valence-corrected chi connectivity index (χ3v) is 2.17. The summed E-state index contributed by atoms with van der Waals surface area (Å²) in [5.41, 5.74) is 18.5. The van der Waals surface area contributed by atoms with Crippen molar-refractivity contribution in [2.75, 3.05) is 0 Å². The number of nitrogens with two attached hydrogens (primary N) is 3. The monoisotopic (exact) mass is 243 g/mol. The molecule has 1 aromatic carbocycles. The van der Waals surface area contributed by atoms with Gasteiger partial charge in [0.1, 0.15) is 0 Å². The summed E-state index contributed by atoms with van der Waals surface area (Å²) in [6, 6.07) is 9.30. The number of nitrogens with zero attached hydrogens (tertiary/aromatic N) is 3. The summed E-state index contributed by atoms with van der Waals surface area (Å²) in [6.07, 6.45) is 1.69. The number of rotatable bonds is 2. The number of aromatic amines is 1. The van der Waals surface area contributed by atoms with Gasteiger partial charge in [-0.25, -0.2) is 4.99 Å². The van der Waals surface area contributed by atoms with Crippen molar-refractivity contribution in [2.24, 2.45) is 27.2 Å². The lowest BCUT2D eigenvalue weighted by molar-refractivity contribution is 1.10. The number of hydrogen-bond donors (Lipinski definition) is 4. The maximum atomic E-state index is 5.53. The molecule has 7 N–H and O–H groups in total. The third kappa shape index (κ3) is 2.85. The fourth-order valence-electron chi connectivity index (χ4n) is 1.42. The molecule has 0 saturated carbocycles. The first-order chi connectivity index (χ1) is 8.65. The first-order valence-electron chi connectivity index (χ1n) is 5.19. The lowest BCUT2D eigenvalue weighted by Gasteiger charge is -1.99. The van der Waals surface area contributed by atoms with Gasteiger partial charge in [0.15, 0.2) is 5.96 Å². The van der Waals surface area contributed by atoms with Gasteiger partial charge in [0.25, 0.3) is 0 Å². The Morgan fingerprint density at radius 2 is 1.78 bits per heavy atom. The van der Waals surface area contributed by atoms with Crippen molar-refractivity contribution in [3.05, 3.63) is 36.5 Å². The zero-order valence-corrected chi connectivity index (χ0v) is 9.54. The molecule has 0 bridgehead atoms. The largest absolute Gasteiger partial charge is 0.370 e. The molecule has 7 nitrogen and oxygen atoms in total. The lowest BCUT2D eigenvalue weighted by Crippen LogP contribution is -2.26. The van der Waals surface area contributed by atoms with Crippen molar-refractivity contribution < 1.29 is 0 Å². The van der Waals surface area contributed by atoms with Crippen LogP contribution in [0.1, 0.15) is 0 Å². The molecule has 0 amide bonds. The highest BCUT2D eigenvalue weighted by Gasteiger charge is 1.98. The van der Waals surface area contributed by atoms with Crippen LogP contribution >= 0.6 is 0 Å². The van der Waals surface area contributed by atoms with Crippen molar-refractivity contribution in [3.63, 3.8) is 0 Å². The average Bonchev–Trinajstić information content (AvgIpc) is 2.82. The van der Waals surface area contributed by atoms with E-state index in [1.807, 2.05) is 30.3 Å². The molecular formula is C11H13N7. The minimum atomic E-state index is -0.120. The van der Waals surface area contributed by atoms with Crippen LogP contribution in [0.2, 0.25) is 0 Å². The maximum Gasteiger partial charge on any atom is 0.223 e. The van der Waals surface area contributed by atoms with Crippen LogP contribution in [0.15, 0.2) is 46.5 Å². The molecule has 92 valence electrons. The van der Waals surface area contributed by atoms with Gasteiger partial charge in [0.05, 0.1) is 11.4 Å². The van der Waals surface area contributed by atoms with Crippen LogP contribution in [0.5, 0.6) is 0 Å². The predicted molar refractivity (Wildman–Crippen MR) is 71.1 cm³/mol. The molecule has 0 radical (unpaired) electrons. The summed E-state index contributed by atoms with van der Waals surface area (Å²) in [6.45, 7) is 0. The van der Waals surface area contributed by atoms with Gasteiger partial charge in [0.2, 0.25) is 5.96 Å². The van der Waals surface area contributed by atoms with Gasteiger partial charge in [-0.3, -0.25) is 5.10 Å². The summed E-state index contributed by atoms with van der Waals surface area (Å²) < 4.78 is 0. The van der Waals surface area contributed by atoms with Gasteiger partial charge >= 0.3 is 0 Å². The molecule has 0 unspecified atom stereocenters. The lowest BCUT2D eigenvalue weighted by atomic mass is 10.1. The average molecular weight is 243 g/mol. The second kappa shape index (κ2) is 5.00. The van der Waals surface area contributed by atoms with E-state index in [0.717, 1.165) is 11.3 Å². The van der Waals surface area contributed by atoms with Crippen molar-refractivity contribution in [1.29, 1.82) is 0 Å². The SMILES string of the molecule is NC(N)=NC(N)=Nc1ccc(-c2ccn[nH]2)cc1. The van der Waals surface area contributed by atoms with E-state index in [-0.39, 0.29) is 11.9 Å². The number of nitrogens with one attached hydrogen (secondary N) is 1. The predicted octanol–water partition coefficient (Wildman–Crippen LogP) is 0.296. The summed E-state index contributed by atoms with van der Waals surface area (Å²) in [5, 5.41) is 6.76. The summed E-state index contributed by atoms with van der Waals surface area (Å²) >= 11 is 0. The molecule has 7 heteroatoms. The highest BCUT2D eigenvalue weighted by atomic mass is 15.1. The van der Waals surface area contributed by atoms with Crippen molar-refractivity contribution in [2.45, 2.75) is 0 Å². The second-order valence-electron chi connectivity index (χ2n) is 3.52. The molecule has 0 fully saturated rings. The standard InChI is InChI=1S/C11H13N7/c12-10(13)17-11(14)16-8-3-1-7(2-4-8)9-5-6-15-18-9/h1-6H,(H,15,18)(H6,12,13,14,16,17). The van der Waals surface area contributed by atoms with E-state index < -0.39 is 0 Å². The number of hydrogen-bond acceptors (Lipinski definition) is 2. The third-order valence-electron chi connectivity index (χ3n) is 2.17. The Bertz CT molecular complexity index is 562. The van der Waals surface area contributed by atoms with Crippen LogP contribution in [-0.4, -0.2) is 22.1 Å². The van der Waals surface area contributed by atoms with Crippen molar-refractivity contribution in [1.82, 2.24) is 10.2 Å². The van der Waals surface area contributed by atoms with Crippen LogP contribution in [-0.2, 0) is 0 Å². The minimum absolute atomic E-state index is 0.0179. The Morgan fingerprint density at radius 1 is 1.06 bits per heavy atom. The highest BCUT2D eigenvalue weighted by Crippen LogP contribution is 2.20. The van der Waals surface area contributed by atoms with Gasteiger partial charge in [-0.05, 0) is 23.8 Å². The Labute approximate surface area is 103 Å². The molecule has 0 aliphatic heterocycles. The molecule has 1 heterocycles. The maximum absolute atomic E-state index is 5.53. The number of aliphatic imine (C=N–C) groups is 2. The molecule has 0 spiro atoms. The molecular weight excluding hydrogens is 230 g/mol. The topological polar surface area (TPSA) is 131 Å². The van der Waals surface area contributed by atoms with E-state index in [1.165, 1.54) is 0 Å². The van der Waals surface area contributed by atoms with Gasteiger partial charge in [-0.1, -0.05) is 12.1 Å². The van der Waals surface area contributed by atoms with E-state index in [0.29, 0.717) is 5.69 Å². The number of H-pyrrole nitrogens is 1. The van der Waals surface area contributed by atoms with E-state index in [2.05, 4.69) is 20.2 Å². The van der Waals surface area contributed by atoms with Gasteiger partial charge in [0, 0.05) is 6.20 Å². The fraction of sp³-hybridized carbons (Fsp3) is 0. The molecule has 2 rings (SSSR count). The van der Waals surface area contributed by atoms with Crippen LogP contribution in [0, 0.1) is 0 Å². The molecule has 0 atom stereocenters. The second-order valence-corrected chi connectivity index (χ2v) is 3.52. The Balaban J connectivity index is 2.21. The van der Waals surface area contributed by atoms with E-state index >= 15 is 0 Å². The number of aromatic nitrogens is 2. The molecule has 18 heavy (non-hydrogen) atoms. The van der Waals surface area contributed by atoms with Crippen molar-refractivity contribution >= 4 is 17.6 Å². The number of guanidine groups is 2. The fourth-order valence-corrected chi connectivity index (χ4v) is 1.42.